The number of alkyl halides is 3. The summed E-state index contributed by atoms with van der Waals surface area (Å²) < 4.78 is 37.1. The average Bonchev–Trinajstić information content (AvgIpc) is 2.99. The molecule has 3 rings (SSSR count). The summed E-state index contributed by atoms with van der Waals surface area (Å²) in [6.07, 6.45) is -1.01. The van der Waals surface area contributed by atoms with Crippen LogP contribution in [0.5, 0.6) is 0 Å². The van der Waals surface area contributed by atoms with E-state index in [1.165, 1.54) is 4.90 Å². The highest BCUT2D eigenvalue weighted by Crippen LogP contribution is 2.24. The van der Waals surface area contributed by atoms with Crippen molar-refractivity contribution < 1.29 is 18.0 Å². The lowest BCUT2D eigenvalue weighted by molar-refractivity contribution is -0.148. The highest BCUT2D eigenvalue weighted by atomic mass is 35.5. The van der Waals surface area contributed by atoms with E-state index in [1.807, 2.05) is 0 Å². The quantitative estimate of drug-likeness (QED) is 0.711. The van der Waals surface area contributed by atoms with Crippen molar-refractivity contribution in [3.63, 3.8) is 0 Å². The summed E-state index contributed by atoms with van der Waals surface area (Å²) in [5.41, 5.74) is 2.40. The second kappa shape index (κ2) is 9.05. The topological polar surface area (TPSA) is 73.0 Å². The number of piperidine rings is 1. The molecular weight excluding hydrogens is 371 g/mol. The molecule has 0 atom stereocenters. The van der Waals surface area contributed by atoms with E-state index in [1.54, 1.807) is 0 Å². The summed E-state index contributed by atoms with van der Waals surface area (Å²) in [6, 6.07) is 0. The van der Waals surface area contributed by atoms with Crippen LogP contribution >= 0.6 is 12.4 Å². The molecule has 1 amide bonds. The Labute approximate surface area is 156 Å². The summed E-state index contributed by atoms with van der Waals surface area (Å²) >= 11 is 0. The maximum Gasteiger partial charge on any atom is 0.401 e. The first-order valence-corrected chi connectivity index (χ1v) is 8.76. The van der Waals surface area contributed by atoms with Gasteiger partial charge in [0.1, 0.15) is 0 Å². The van der Waals surface area contributed by atoms with Gasteiger partial charge < -0.3 is 10.6 Å². The van der Waals surface area contributed by atoms with Crippen molar-refractivity contribution in [3.8, 4) is 0 Å². The smallest absolute Gasteiger partial charge is 0.351 e. The van der Waals surface area contributed by atoms with Crippen molar-refractivity contribution in [2.45, 2.75) is 38.4 Å². The first kappa shape index (κ1) is 21.0. The molecule has 0 aromatic carbocycles. The molecule has 6 nitrogen and oxygen atoms in total. The number of H-pyrrole nitrogens is 1. The molecule has 3 N–H and O–H groups in total. The number of amides is 1. The van der Waals surface area contributed by atoms with Crippen molar-refractivity contribution in [1.29, 1.82) is 0 Å². The number of halogens is 4. The van der Waals surface area contributed by atoms with Gasteiger partial charge in [0.15, 0.2) is 5.69 Å². The van der Waals surface area contributed by atoms with Crippen LogP contribution < -0.4 is 10.6 Å². The Morgan fingerprint density at radius 1 is 1.31 bits per heavy atom. The minimum Gasteiger partial charge on any atom is -0.351 e. The molecule has 148 valence electrons. The van der Waals surface area contributed by atoms with Crippen molar-refractivity contribution in [3.05, 3.63) is 17.0 Å². The SMILES string of the molecule is Cl.O=C(NCCC1CCN(CC(F)(F)F)CC1)c1n[nH]c2c1CNCC2. The predicted octanol–water partition coefficient (Wildman–Crippen LogP) is 1.87. The molecule has 2 aliphatic heterocycles. The van der Waals surface area contributed by atoms with Crippen LogP contribution in [0.1, 0.15) is 41.0 Å². The molecule has 0 spiro atoms. The Morgan fingerprint density at radius 2 is 2.04 bits per heavy atom. The zero-order valence-corrected chi connectivity index (χ0v) is 15.3. The maximum atomic E-state index is 12.4. The predicted molar refractivity (Wildman–Crippen MR) is 93.4 cm³/mol. The van der Waals surface area contributed by atoms with Crippen LogP contribution in [0.25, 0.3) is 0 Å². The van der Waals surface area contributed by atoms with Gasteiger partial charge in [0, 0.05) is 37.3 Å². The summed E-state index contributed by atoms with van der Waals surface area (Å²) in [5, 5.41) is 13.2. The van der Waals surface area contributed by atoms with Gasteiger partial charge in [-0.1, -0.05) is 0 Å². The molecule has 2 aliphatic rings. The molecule has 10 heteroatoms. The van der Waals surface area contributed by atoms with Gasteiger partial charge in [0.2, 0.25) is 0 Å². The second-order valence-corrected chi connectivity index (χ2v) is 6.84. The van der Waals surface area contributed by atoms with E-state index in [9.17, 15) is 18.0 Å². The van der Waals surface area contributed by atoms with Gasteiger partial charge in [-0.3, -0.25) is 14.8 Å². The van der Waals surface area contributed by atoms with Gasteiger partial charge in [-0.25, -0.2) is 0 Å². The number of aromatic nitrogens is 2. The number of rotatable bonds is 5. The third-order valence-corrected chi connectivity index (χ3v) is 4.97. The van der Waals surface area contributed by atoms with Gasteiger partial charge in [-0.2, -0.15) is 18.3 Å². The molecular formula is C16H25ClF3N5O. The van der Waals surface area contributed by atoms with Crippen LogP contribution in [0.15, 0.2) is 0 Å². The van der Waals surface area contributed by atoms with E-state index < -0.39 is 12.7 Å². The number of nitrogens with zero attached hydrogens (tertiary/aromatic N) is 2. The molecule has 26 heavy (non-hydrogen) atoms. The molecule has 0 saturated carbocycles. The minimum absolute atomic E-state index is 0. The van der Waals surface area contributed by atoms with E-state index in [4.69, 9.17) is 0 Å². The number of nitrogens with one attached hydrogen (secondary N) is 3. The van der Waals surface area contributed by atoms with Crippen LogP contribution in [-0.4, -0.2) is 59.9 Å². The Hall–Kier alpha value is -1.32. The highest BCUT2D eigenvalue weighted by molar-refractivity contribution is 5.94. The Morgan fingerprint density at radius 3 is 2.73 bits per heavy atom. The fraction of sp³-hybridized carbons (Fsp3) is 0.750. The normalized spacial score (nSPS) is 18.9. The molecule has 0 unspecified atom stereocenters. The van der Waals surface area contributed by atoms with Crippen LogP contribution in [0.3, 0.4) is 0 Å². The molecule has 1 fully saturated rings. The molecule has 0 bridgehead atoms. The standard InChI is InChI=1S/C16H24F3N5O.ClH/c17-16(18,19)10-24-7-3-11(4-8-24)1-6-21-15(25)14-12-9-20-5-2-13(12)22-23-14;/h11,20H,1-10H2,(H,21,25)(H,22,23);1H. The monoisotopic (exact) mass is 395 g/mol. The lowest BCUT2D eigenvalue weighted by Crippen LogP contribution is -2.40. The van der Waals surface area contributed by atoms with Crippen LogP contribution in [-0.2, 0) is 13.0 Å². The largest absolute Gasteiger partial charge is 0.401 e. The Kier molecular flexibility index (Phi) is 7.31. The lowest BCUT2D eigenvalue weighted by Gasteiger charge is -2.32. The summed E-state index contributed by atoms with van der Waals surface area (Å²) in [6.45, 7) is 2.16. The number of likely N-dealkylation sites (tertiary alicyclic amines) is 1. The fourth-order valence-electron chi connectivity index (χ4n) is 3.57. The maximum absolute atomic E-state index is 12.4. The van der Waals surface area contributed by atoms with E-state index in [0.29, 0.717) is 37.8 Å². The second-order valence-electron chi connectivity index (χ2n) is 6.84. The molecule has 0 radical (unpaired) electrons. The molecule has 1 aromatic heterocycles. The number of hydrogen-bond donors (Lipinski definition) is 3. The third-order valence-electron chi connectivity index (χ3n) is 4.97. The number of fused-ring (bicyclic) bond motifs is 1. The van der Waals surface area contributed by atoms with Crippen molar-refractivity contribution in [2.24, 2.45) is 5.92 Å². The average molecular weight is 396 g/mol. The Bertz CT molecular complexity index is 599. The number of carbonyl (C=O) groups excluding carboxylic acids is 1. The van der Waals surface area contributed by atoms with E-state index in [-0.39, 0.29) is 18.3 Å². The summed E-state index contributed by atoms with van der Waals surface area (Å²) in [4.78, 5) is 13.7. The summed E-state index contributed by atoms with van der Waals surface area (Å²) in [7, 11) is 0. The van der Waals surface area contributed by atoms with Crippen LogP contribution in [0, 0.1) is 5.92 Å². The number of aromatic amines is 1. The van der Waals surface area contributed by atoms with Crippen LogP contribution in [0.2, 0.25) is 0 Å². The minimum atomic E-state index is -4.13. The third kappa shape index (κ3) is 5.59. The van der Waals surface area contributed by atoms with Gasteiger partial charge in [0.05, 0.1) is 6.54 Å². The van der Waals surface area contributed by atoms with Gasteiger partial charge in [0.25, 0.3) is 5.91 Å². The Balaban J connectivity index is 0.00000243. The van der Waals surface area contributed by atoms with E-state index >= 15 is 0 Å². The number of carbonyl (C=O) groups is 1. The molecule has 1 aromatic rings. The first-order chi connectivity index (χ1) is 11.9. The molecule has 3 heterocycles. The van der Waals surface area contributed by atoms with Gasteiger partial charge in [-0.05, 0) is 38.3 Å². The first-order valence-electron chi connectivity index (χ1n) is 8.76. The van der Waals surface area contributed by atoms with Crippen molar-refractivity contribution in [1.82, 2.24) is 25.7 Å². The van der Waals surface area contributed by atoms with Gasteiger partial charge in [-0.15, -0.1) is 12.4 Å². The molecule has 0 aliphatic carbocycles. The summed E-state index contributed by atoms with van der Waals surface area (Å²) in [5.74, 6) is 0.176. The van der Waals surface area contributed by atoms with Crippen molar-refractivity contribution >= 4 is 18.3 Å². The molecule has 1 saturated heterocycles. The number of hydrogen-bond acceptors (Lipinski definition) is 4. The zero-order valence-electron chi connectivity index (χ0n) is 14.5. The van der Waals surface area contributed by atoms with Crippen molar-refractivity contribution in [2.75, 3.05) is 32.7 Å². The van der Waals surface area contributed by atoms with E-state index in [2.05, 4.69) is 20.8 Å². The lowest BCUT2D eigenvalue weighted by atomic mass is 9.93. The highest BCUT2D eigenvalue weighted by Gasteiger charge is 2.32. The van der Waals surface area contributed by atoms with Gasteiger partial charge >= 0.3 is 6.18 Å². The fourth-order valence-corrected chi connectivity index (χ4v) is 3.57. The van der Waals surface area contributed by atoms with E-state index in [0.717, 1.165) is 43.5 Å². The zero-order chi connectivity index (χ0) is 17.9. The van der Waals surface area contributed by atoms with Crippen LogP contribution in [0.4, 0.5) is 13.2 Å².